The molecule has 32 heavy (non-hydrogen) atoms. The van der Waals surface area contributed by atoms with Gasteiger partial charge in [-0.3, -0.25) is 4.90 Å². The number of carbonyl (C=O) groups is 1. The van der Waals surface area contributed by atoms with Crippen molar-refractivity contribution >= 4 is 17.0 Å². The number of fused-ring (bicyclic) bond motifs is 1. The molecular formula is C23H22FN5O3. The van der Waals surface area contributed by atoms with Crippen LogP contribution in [0.5, 0.6) is 0 Å². The molecule has 0 bridgehead atoms. The molecular weight excluding hydrogens is 413 g/mol. The number of rotatable bonds is 5. The van der Waals surface area contributed by atoms with E-state index in [1.165, 1.54) is 19.2 Å². The van der Waals surface area contributed by atoms with E-state index in [1.54, 1.807) is 30.3 Å². The highest BCUT2D eigenvalue weighted by Crippen LogP contribution is 2.32. The maximum absolute atomic E-state index is 13.6. The molecule has 1 N–H and O–H groups in total. The average molecular weight is 435 g/mol. The maximum Gasteiger partial charge on any atom is 0.337 e. The highest BCUT2D eigenvalue weighted by Gasteiger charge is 2.28. The molecule has 0 saturated carbocycles. The van der Waals surface area contributed by atoms with Gasteiger partial charge in [-0.15, -0.1) is 0 Å². The number of piperidine rings is 1. The molecule has 0 unspecified atom stereocenters. The van der Waals surface area contributed by atoms with Crippen molar-refractivity contribution in [3.63, 3.8) is 0 Å². The highest BCUT2D eigenvalue weighted by atomic mass is 19.1. The number of hydrogen-bond acceptors (Lipinski definition) is 7. The fourth-order valence-electron chi connectivity index (χ4n) is 4.13. The van der Waals surface area contributed by atoms with Gasteiger partial charge < -0.3 is 14.2 Å². The van der Waals surface area contributed by atoms with Crippen LogP contribution in [-0.4, -0.2) is 44.6 Å². The topological polar surface area (TPSA) is 97.1 Å². The number of nitrogens with one attached hydrogen (secondary N) is 1. The van der Waals surface area contributed by atoms with Gasteiger partial charge in [-0.1, -0.05) is 23.7 Å². The van der Waals surface area contributed by atoms with Crippen LogP contribution in [0.2, 0.25) is 0 Å². The fraction of sp³-hybridized carbons (Fsp3) is 0.304. The third-order valence-electron chi connectivity index (χ3n) is 5.76. The van der Waals surface area contributed by atoms with Crippen molar-refractivity contribution in [2.75, 3.05) is 13.7 Å². The van der Waals surface area contributed by atoms with Crippen LogP contribution in [0.1, 0.15) is 47.4 Å². The predicted molar refractivity (Wildman–Crippen MR) is 114 cm³/mol. The van der Waals surface area contributed by atoms with Crippen LogP contribution in [0, 0.1) is 5.82 Å². The number of aromatic nitrogens is 4. The summed E-state index contributed by atoms with van der Waals surface area (Å²) in [5, 5.41) is 4.09. The van der Waals surface area contributed by atoms with E-state index >= 15 is 0 Å². The van der Waals surface area contributed by atoms with Crippen molar-refractivity contribution in [3.05, 3.63) is 65.6 Å². The van der Waals surface area contributed by atoms with Crippen molar-refractivity contribution in [2.45, 2.75) is 31.8 Å². The van der Waals surface area contributed by atoms with E-state index in [4.69, 9.17) is 9.26 Å². The first kappa shape index (κ1) is 20.3. The van der Waals surface area contributed by atoms with Gasteiger partial charge in [0.15, 0.2) is 0 Å². The van der Waals surface area contributed by atoms with E-state index in [0.717, 1.165) is 42.7 Å². The SMILES string of the molecule is COC(=O)c1ccc(-c2noc(CN3CCCC[C@H]3c3nc4ccc(F)cc4[nH]3)n2)cc1. The molecule has 4 aromatic rings. The maximum atomic E-state index is 13.6. The van der Waals surface area contributed by atoms with Crippen LogP contribution >= 0.6 is 0 Å². The van der Waals surface area contributed by atoms with Crippen molar-refractivity contribution in [1.82, 2.24) is 25.0 Å². The van der Waals surface area contributed by atoms with E-state index in [-0.39, 0.29) is 11.9 Å². The summed E-state index contributed by atoms with van der Waals surface area (Å²) in [6.07, 6.45) is 3.10. The van der Waals surface area contributed by atoms with Crippen LogP contribution in [0.15, 0.2) is 47.0 Å². The quantitative estimate of drug-likeness (QED) is 0.468. The van der Waals surface area contributed by atoms with Crippen LogP contribution in [0.4, 0.5) is 4.39 Å². The molecule has 2 aromatic heterocycles. The Morgan fingerprint density at radius 2 is 2.06 bits per heavy atom. The molecule has 0 spiro atoms. The van der Waals surface area contributed by atoms with Gasteiger partial charge in [0.25, 0.3) is 0 Å². The molecule has 9 heteroatoms. The van der Waals surface area contributed by atoms with Crippen LogP contribution in [0.25, 0.3) is 22.4 Å². The van der Waals surface area contributed by atoms with E-state index in [2.05, 4.69) is 25.0 Å². The number of H-pyrrole nitrogens is 1. The largest absolute Gasteiger partial charge is 0.465 e. The Hall–Kier alpha value is -3.59. The summed E-state index contributed by atoms with van der Waals surface area (Å²) in [7, 11) is 1.35. The number of carbonyl (C=O) groups excluding carboxylic acids is 1. The molecule has 1 saturated heterocycles. The lowest BCUT2D eigenvalue weighted by Crippen LogP contribution is -2.33. The van der Waals surface area contributed by atoms with Gasteiger partial charge in [0.1, 0.15) is 11.6 Å². The number of imidazole rings is 1. The number of likely N-dealkylation sites (tertiary alicyclic amines) is 1. The number of ether oxygens (including phenoxy) is 1. The Labute approximate surface area is 183 Å². The molecule has 164 valence electrons. The summed E-state index contributed by atoms with van der Waals surface area (Å²) in [6.45, 7) is 1.37. The Balaban J connectivity index is 1.34. The third-order valence-corrected chi connectivity index (χ3v) is 5.76. The Morgan fingerprint density at radius 3 is 2.88 bits per heavy atom. The lowest BCUT2D eigenvalue weighted by Gasteiger charge is -2.33. The zero-order valence-corrected chi connectivity index (χ0v) is 17.5. The highest BCUT2D eigenvalue weighted by molar-refractivity contribution is 5.89. The van der Waals surface area contributed by atoms with E-state index in [0.29, 0.717) is 29.3 Å². The second-order valence-electron chi connectivity index (χ2n) is 7.85. The summed E-state index contributed by atoms with van der Waals surface area (Å²) in [4.78, 5) is 26.4. The first-order chi connectivity index (χ1) is 15.6. The molecule has 1 fully saturated rings. The zero-order chi connectivity index (χ0) is 22.1. The first-order valence-electron chi connectivity index (χ1n) is 10.5. The van der Waals surface area contributed by atoms with E-state index in [1.807, 2.05) is 0 Å². The summed E-state index contributed by atoms with van der Waals surface area (Å²) in [5.74, 6) is 1.11. The van der Waals surface area contributed by atoms with Gasteiger partial charge in [-0.25, -0.2) is 14.2 Å². The van der Waals surface area contributed by atoms with Gasteiger partial charge >= 0.3 is 5.97 Å². The molecule has 0 aliphatic carbocycles. The molecule has 0 amide bonds. The smallest absolute Gasteiger partial charge is 0.337 e. The Bertz CT molecular complexity index is 1250. The number of esters is 1. The number of hydrogen-bond donors (Lipinski definition) is 1. The Morgan fingerprint density at radius 1 is 1.22 bits per heavy atom. The third kappa shape index (κ3) is 3.99. The number of aromatic amines is 1. The minimum atomic E-state index is -0.394. The number of halogens is 1. The molecule has 8 nitrogen and oxygen atoms in total. The van der Waals surface area contributed by atoms with E-state index in [9.17, 15) is 9.18 Å². The van der Waals surface area contributed by atoms with Crippen LogP contribution in [-0.2, 0) is 11.3 Å². The van der Waals surface area contributed by atoms with Crippen LogP contribution < -0.4 is 0 Å². The second-order valence-corrected chi connectivity index (χ2v) is 7.85. The molecule has 0 radical (unpaired) electrons. The molecule has 5 rings (SSSR count). The zero-order valence-electron chi connectivity index (χ0n) is 17.5. The molecule has 2 aromatic carbocycles. The van der Waals surface area contributed by atoms with Gasteiger partial charge in [0.2, 0.25) is 11.7 Å². The van der Waals surface area contributed by atoms with Gasteiger partial charge in [-0.2, -0.15) is 4.98 Å². The number of benzene rings is 2. The average Bonchev–Trinajstić information content (AvgIpc) is 3.46. The monoisotopic (exact) mass is 435 g/mol. The summed E-state index contributed by atoms with van der Waals surface area (Å²) >= 11 is 0. The Kier molecular flexibility index (Phi) is 5.40. The molecule has 3 heterocycles. The lowest BCUT2D eigenvalue weighted by atomic mass is 10.0. The van der Waals surface area contributed by atoms with Crippen molar-refractivity contribution in [1.29, 1.82) is 0 Å². The van der Waals surface area contributed by atoms with E-state index < -0.39 is 5.97 Å². The minimum absolute atomic E-state index is 0.0638. The molecule has 1 atom stereocenters. The van der Waals surface area contributed by atoms with Crippen molar-refractivity contribution in [2.24, 2.45) is 0 Å². The number of methoxy groups -OCH3 is 1. The summed E-state index contributed by atoms with van der Waals surface area (Å²) < 4.78 is 23.8. The summed E-state index contributed by atoms with van der Waals surface area (Å²) in [6, 6.07) is 11.5. The predicted octanol–water partition coefficient (Wildman–Crippen LogP) is 4.27. The standard InChI is InChI=1S/C23H22FN5O3/c1-31-23(30)15-7-5-14(6-8-15)21-27-20(32-28-21)13-29-11-3-2-4-19(29)22-25-17-10-9-16(24)12-18(17)26-22/h5-10,12,19H,2-4,11,13H2,1H3,(H,25,26)/t19-/m0/s1. The molecule has 1 aliphatic rings. The van der Waals surface area contributed by atoms with Gasteiger partial charge in [0.05, 0.1) is 36.3 Å². The minimum Gasteiger partial charge on any atom is -0.465 e. The fourth-order valence-corrected chi connectivity index (χ4v) is 4.13. The van der Waals surface area contributed by atoms with Gasteiger partial charge in [-0.05, 0) is 49.7 Å². The van der Waals surface area contributed by atoms with Gasteiger partial charge in [0, 0.05) is 5.56 Å². The van der Waals surface area contributed by atoms with Crippen LogP contribution in [0.3, 0.4) is 0 Å². The lowest BCUT2D eigenvalue weighted by molar-refractivity contribution is 0.0600. The second kappa shape index (κ2) is 8.51. The first-order valence-corrected chi connectivity index (χ1v) is 10.5. The van der Waals surface area contributed by atoms with Crippen molar-refractivity contribution < 1.29 is 18.4 Å². The number of nitrogens with zero attached hydrogens (tertiary/aromatic N) is 4. The molecule has 1 aliphatic heterocycles. The summed E-state index contributed by atoms with van der Waals surface area (Å²) in [5.41, 5.74) is 2.66. The van der Waals surface area contributed by atoms with Crippen molar-refractivity contribution in [3.8, 4) is 11.4 Å². The normalized spacial score (nSPS) is 17.0.